The van der Waals surface area contributed by atoms with Gasteiger partial charge in [0.05, 0.1) is 24.0 Å². The van der Waals surface area contributed by atoms with Gasteiger partial charge in [0.25, 0.3) is 0 Å². The van der Waals surface area contributed by atoms with E-state index in [0.29, 0.717) is 0 Å². The summed E-state index contributed by atoms with van der Waals surface area (Å²) in [4.78, 5) is 46.5. The van der Waals surface area contributed by atoms with E-state index in [1.54, 1.807) is 12.1 Å². The molecule has 0 spiro atoms. The summed E-state index contributed by atoms with van der Waals surface area (Å²) in [5.74, 6) is -2.48. The molecule has 3 rings (SSSR count). The minimum Gasteiger partial charge on any atom is -0.425 e. The molecule has 2 fully saturated rings. The molecular formula is C16H14O8. The summed E-state index contributed by atoms with van der Waals surface area (Å²) in [5.41, 5.74) is -0.0375. The van der Waals surface area contributed by atoms with Crippen molar-refractivity contribution in [2.24, 2.45) is 0 Å². The Bertz CT molecular complexity index is 636. The largest absolute Gasteiger partial charge is 0.425 e. The summed E-state index contributed by atoms with van der Waals surface area (Å²) in [7, 11) is 0. The maximum Gasteiger partial charge on any atom is 0.342 e. The number of cyclic esters (lactones) is 2. The Balaban J connectivity index is 1.70. The Kier molecular flexibility index (Phi) is 4.45. The van der Waals surface area contributed by atoms with Crippen molar-refractivity contribution in [2.75, 3.05) is 0 Å². The van der Waals surface area contributed by atoms with Gasteiger partial charge in [-0.05, 0) is 12.1 Å². The lowest BCUT2D eigenvalue weighted by Gasteiger charge is -2.14. The highest BCUT2D eigenvalue weighted by Gasteiger charge is 2.31. The van der Waals surface area contributed by atoms with Crippen LogP contribution < -0.4 is 0 Å². The maximum atomic E-state index is 12.2. The first-order chi connectivity index (χ1) is 11.5. The molecule has 1 aromatic rings. The number of esters is 4. The van der Waals surface area contributed by atoms with E-state index >= 15 is 0 Å². The van der Waals surface area contributed by atoms with Crippen LogP contribution in [0.4, 0.5) is 0 Å². The van der Waals surface area contributed by atoms with Gasteiger partial charge in [0.1, 0.15) is 0 Å². The molecule has 0 aliphatic carbocycles. The highest BCUT2D eigenvalue weighted by atomic mass is 16.7. The molecule has 24 heavy (non-hydrogen) atoms. The molecule has 1 aromatic carbocycles. The van der Waals surface area contributed by atoms with Crippen LogP contribution in [-0.4, -0.2) is 36.5 Å². The third kappa shape index (κ3) is 3.53. The SMILES string of the molecule is O=C1CCC(OC(=O)c2ccccc2C(=O)OC2CCC(=O)O2)O1. The molecule has 2 atom stereocenters. The van der Waals surface area contributed by atoms with Gasteiger partial charge in [0, 0.05) is 12.8 Å². The molecule has 2 unspecified atom stereocenters. The Hall–Kier alpha value is -2.90. The maximum absolute atomic E-state index is 12.2. The van der Waals surface area contributed by atoms with Crippen molar-refractivity contribution in [1.29, 1.82) is 0 Å². The highest BCUT2D eigenvalue weighted by molar-refractivity contribution is 6.03. The molecule has 2 saturated heterocycles. The summed E-state index contributed by atoms with van der Waals surface area (Å²) in [6, 6.07) is 5.92. The van der Waals surface area contributed by atoms with Crippen molar-refractivity contribution >= 4 is 23.9 Å². The Morgan fingerprint density at radius 3 is 1.58 bits per heavy atom. The summed E-state index contributed by atoms with van der Waals surface area (Å²) in [6.07, 6.45) is -1.01. The van der Waals surface area contributed by atoms with Crippen LogP contribution in [0.3, 0.4) is 0 Å². The summed E-state index contributed by atoms with van der Waals surface area (Å²) in [6.45, 7) is 0. The molecule has 2 aliphatic rings. The van der Waals surface area contributed by atoms with Gasteiger partial charge in [-0.25, -0.2) is 9.59 Å². The van der Waals surface area contributed by atoms with Gasteiger partial charge in [-0.3, -0.25) is 9.59 Å². The molecule has 0 radical (unpaired) electrons. The molecule has 0 N–H and O–H groups in total. The van der Waals surface area contributed by atoms with Crippen molar-refractivity contribution in [3.63, 3.8) is 0 Å². The first kappa shape index (κ1) is 16.0. The molecule has 2 heterocycles. The van der Waals surface area contributed by atoms with Gasteiger partial charge in [-0.1, -0.05) is 12.1 Å². The Morgan fingerprint density at radius 1 is 0.833 bits per heavy atom. The number of rotatable bonds is 4. The predicted molar refractivity (Wildman–Crippen MR) is 75.5 cm³/mol. The molecular weight excluding hydrogens is 320 g/mol. The molecule has 0 amide bonds. The van der Waals surface area contributed by atoms with Crippen LogP contribution in [0.1, 0.15) is 46.4 Å². The van der Waals surface area contributed by atoms with Crippen LogP contribution >= 0.6 is 0 Å². The normalized spacial score (nSPS) is 22.7. The lowest BCUT2D eigenvalue weighted by atomic mass is 10.1. The molecule has 8 nitrogen and oxygen atoms in total. The fraction of sp³-hybridized carbons (Fsp3) is 0.375. The average Bonchev–Trinajstić information content (AvgIpc) is 3.15. The van der Waals surface area contributed by atoms with Crippen LogP contribution in [0.25, 0.3) is 0 Å². The zero-order chi connectivity index (χ0) is 17.1. The third-order valence-corrected chi connectivity index (χ3v) is 3.54. The van der Waals surface area contributed by atoms with E-state index in [9.17, 15) is 19.2 Å². The number of hydrogen-bond donors (Lipinski definition) is 0. The number of ether oxygens (including phenoxy) is 4. The van der Waals surface area contributed by atoms with Crippen molar-refractivity contribution in [3.8, 4) is 0 Å². The average molecular weight is 334 g/mol. The van der Waals surface area contributed by atoms with Crippen molar-refractivity contribution in [1.82, 2.24) is 0 Å². The minimum atomic E-state index is -0.954. The quantitative estimate of drug-likeness (QED) is 0.759. The van der Waals surface area contributed by atoms with E-state index in [0.717, 1.165) is 0 Å². The zero-order valence-electron chi connectivity index (χ0n) is 12.6. The van der Waals surface area contributed by atoms with Crippen molar-refractivity contribution < 1.29 is 38.1 Å². The van der Waals surface area contributed by atoms with Gasteiger partial charge < -0.3 is 18.9 Å². The minimum absolute atomic E-state index is 0.0187. The Labute approximate surface area is 136 Å². The molecule has 0 saturated carbocycles. The smallest absolute Gasteiger partial charge is 0.342 e. The summed E-state index contributed by atoms with van der Waals surface area (Å²) < 4.78 is 19.8. The molecule has 126 valence electrons. The van der Waals surface area contributed by atoms with Crippen LogP contribution in [0.5, 0.6) is 0 Å². The second-order valence-corrected chi connectivity index (χ2v) is 5.27. The van der Waals surface area contributed by atoms with E-state index < -0.39 is 36.5 Å². The zero-order valence-corrected chi connectivity index (χ0v) is 12.6. The monoisotopic (exact) mass is 334 g/mol. The number of carbonyl (C=O) groups is 4. The third-order valence-electron chi connectivity index (χ3n) is 3.54. The van der Waals surface area contributed by atoms with Crippen LogP contribution in [0.15, 0.2) is 24.3 Å². The summed E-state index contributed by atoms with van der Waals surface area (Å²) >= 11 is 0. The number of hydrogen-bond acceptors (Lipinski definition) is 8. The van der Waals surface area contributed by atoms with E-state index in [4.69, 9.17) is 18.9 Å². The summed E-state index contributed by atoms with van der Waals surface area (Å²) in [5, 5.41) is 0. The number of carbonyl (C=O) groups excluding carboxylic acids is 4. The van der Waals surface area contributed by atoms with E-state index in [2.05, 4.69) is 0 Å². The van der Waals surface area contributed by atoms with Gasteiger partial charge in [0.15, 0.2) is 0 Å². The second-order valence-electron chi connectivity index (χ2n) is 5.27. The van der Waals surface area contributed by atoms with Gasteiger partial charge in [-0.15, -0.1) is 0 Å². The standard InChI is InChI=1S/C16H14O8/c17-11-5-7-13(21-11)23-15(19)9-3-1-2-4-10(9)16(20)24-14-8-6-12(18)22-14/h1-4,13-14H,5-8H2. The topological polar surface area (TPSA) is 105 Å². The molecule has 2 aliphatic heterocycles. The molecule has 0 aromatic heterocycles. The van der Waals surface area contributed by atoms with Crippen LogP contribution in [-0.2, 0) is 28.5 Å². The lowest BCUT2D eigenvalue weighted by Crippen LogP contribution is -2.22. The predicted octanol–water partition coefficient (Wildman–Crippen LogP) is 1.33. The van der Waals surface area contributed by atoms with Crippen molar-refractivity contribution in [3.05, 3.63) is 35.4 Å². The first-order valence-electron chi connectivity index (χ1n) is 7.43. The highest BCUT2D eigenvalue weighted by Crippen LogP contribution is 2.21. The van der Waals surface area contributed by atoms with Crippen molar-refractivity contribution in [2.45, 2.75) is 38.3 Å². The molecule has 0 bridgehead atoms. The molecule has 8 heteroatoms. The van der Waals surface area contributed by atoms with Crippen LogP contribution in [0, 0.1) is 0 Å². The second kappa shape index (κ2) is 6.69. The Morgan fingerprint density at radius 2 is 1.25 bits per heavy atom. The number of benzene rings is 1. The first-order valence-corrected chi connectivity index (χ1v) is 7.43. The van der Waals surface area contributed by atoms with E-state index in [1.807, 2.05) is 0 Å². The fourth-order valence-electron chi connectivity index (χ4n) is 2.37. The van der Waals surface area contributed by atoms with Gasteiger partial charge >= 0.3 is 23.9 Å². The van der Waals surface area contributed by atoms with Crippen LogP contribution in [0.2, 0.25) is 0 Å². The lowest BCUT2D eigenvalue weighted by molar-refractivity contribution is -0.155. The fourth-order valence-corrected chi connectivity index (χ4v) is 2.37. The van der Waals surface area contributed by atoms with E-state index in [1.165, 1.54) is 12.1 Å². The van der Waals surface area contributed by atoms with Gasteiger partial charge in [-0.2, -0.15) is 0 Å². The van der Waals surface area contributed by atoms with Gasteiger partial charge in [0.2, 0.25) is 12.6 Å². The van der Waals surface area contributed by atoms with E-state index in [-0.39, 0.29) is 36.8 Å².